The van der Waals surface area contributed by atoms with Crippen LogP contribution in [0.25, 0.3) is 0 Å². The molecule has 0 N–H and O–H groups in total. The lowest BCUT2D eigenvalue weighted by Crippen LogP contribution is -2.26. The predicted molar refractivity (Wildman–Crippen MR) is 59.9 cm³/mol. The Bertz CT molecular complexity index is 529. The normalized spacial score (nSPS) is 17.7. The molecule has 0 saturated carbocycles. The Morgan fingerprint density at radius 2 is 2.06 bits per heavy atom. The van der Waals surface area contributed by atoms with Gasteiger partial charge in [0.2, 0.25) is 12.1 Å². The maximum absolute atomic E-state index is 11.9. The number of ether oxygens (including phenoxy) is 2. The van der Waals surface area contributed by atoms with E-state index in [1.165, 1.54) is 18.9 Å². The fraction of sp³-hybridized carbons (Fsp3) is 0.455. The molecular weight excluding hydrogens is 238 g/mol. The molecule has 18 heavy (non-hydrogen) atoms. The summed E-state index contributed by atoms with van der Waals surface area (Å²) in [6, 6.07) is 0. The van der Waals surface area contributed by atoms with Crippen LogP contribution in [0.5, 0.6) is 5.88 Å². The van der Waals surface area contributed by atoms with Crippen molar-refractivity contribution in [3.05, 3.63) is 16.8 Å². The average Bonchev–Trinajstić information content (AvgIpc) is 2.55. The van der Waals surface area contributed by atoms with Crippen molar-refractivity contribution in [2.24, 2.45) is 0 Å². The molecule has 96 valence electrons. The minimum absolute atomic E-state index is 0.196. The molecule has 1 aliphatic heterocycles. The summed E-state index contributed by atoms with van der Waals surface area (Å²) in [7, 11) is 3.01. The monoisotopic (exact) mass is 251 g/mol. The van der Waals surface area contributed by atoms with Crippen molar-refractivity contribution in [3.63, 3.8) is 0 Å². The summed E-state index contributed by atoms with van der Waals surface area (Å²) in [5, 5.41) is 7.63. The molecule has 0 fully saturated rings. The van der Waals surface area contributed by atoms with Crippen molar-refractivity contribution in [3.8, 4) is 5.88 Å². The van der Waals surface area contributed by atoms with Gasteiger partial charge in [0.05, 0.1) is 12.7 Å². The summed E-state index contributed by atoms with van der Waals surface area (Å²) in [4.78, 5) is 24.3. The van der Waals surface area contributed by atoms with E-state index in [-0.39, 0.29) is 11.6 Å². The zero-order valence-corrected chi connectivity index (χ0v) is 10.6. The molecule has 0 bridgehead atoms. The maximum Gasteiger partial charge on any atom is 0.304 e. The third-order valence-corrected chi connectivity index (χ3v) is 2.81. The number of hydrogen-bond acceptors (Lipinski definition) is 6. The quantitative estimate of drug-likeness (QED) is 0.709. The standard InChI is InChI=1S/C11H13N3O4/c1-5-7-8(12-13-9(5)17-4)10(16)14(3)11(7)18-6(2)15/h11H,1-4H3. The van der Waals surface area contributed by atoms with Crippen LogP contribution in [0.1, 0.15) is 34.8 Å². The Hall–Kier alpha value is -2.18. The summed E-state index contributed by atoms with van der Waals surface area (Å²) in [6.07, 6.45) is -0.769. The van der Waals surface area contributed by atoms with Gasteiger partial charge in [-0.25, -0.2) is 0 Å². The molecule has 0 saturated heterocycles. The van der Waals surface area contributed by atoms with E-state index in [4.69, 9.17) is 9.47 Å². The Kier molecular flexibility index (Phi) is 2.90. The number of fused-ring (bicyclic) bond motifs is 1. The van der Waals surface area contributed by atoms with Gasteiger partial charge in [0.1, 0.15) is 0 Å². The molecule has 1 aromatic heterocycles. The zero-order valence-electron chi connectivity index (χ0n) is 10.6. The van der Waals surface area contributed by atoms with E-state index in [1.807, 2.05) is 0 Å². The number of carbonyl (C=O) groups is 2. The van der Waals surface area contributed by atoms with Crippen molar-refractivity contribution in [1.82, 2.24) is 15.1 Å². The Balaban J connectivity index is 2.57. The number of methoxy groups -OCH3 is 1. The van der Waals surface area contributed by atoms with Crippen LogP contribution in [-0.2, 0) is 9.53 Å². The van der Waals surface area contributed by atoms with Crippen LogP contribution in [0.4, 0.5) is 0 Å². The number of aromatic nitrogens is 2. The predicted octanol–water partition coefficient (Wildman–Crippen LogP) is 0.441. The van der Waals surface area contributed by atoms with Gasteiger partial charge in [-0.05, 0) is 6.92 Å². The molecule has 1 amide bonds. The van der Waals surface area contributed by atoms with Crippen molar-refractivity contribution in [2.45, 2.75) is 20.1 Å². The molecule has 0 aromatic carbocycles. The van der Waals surface area contributed by atoms with Gasteiger partial charge in [0.15, 0.2) is 5.69 Å². The number of nitrogens with zero attached hydrogens (tertiary/aromatic N) is 3. The highest BCUT2D eigenvalue weighted by Gasteiger charge is 2.40. The average molecular weight is 251 g/mol. The largest absolute Gasteiger partial charge is 0.480 e. The lowest BCUT2D eigenvalue weighted by Gasteiger charge is -2.20. The molecule has 1 atom stereocenters. The lowest BCUT2D eigenvalue weighted by atomic mass is 10.1. The van der Waals surface area contributed by atoms with Crippen LogP contribution in [-0.4, -0.2) is 41.1 Å². The summed E-state index contributed by atoms with van der Waals surface area (Å²) < 4.78 is 10.2. The Morgan fingerprint density at radius 1 is 1.39 bits per heavy atom. The number of carbonyl (C=O) groups excluding carboxylic acids is 2. The first-order valence-electron chi connectivity index (χ1n) is 5.33. The summed E-state index contributed by atoms with van der Waals surface area (Å²) >= 11 is 0. The van der Waals surface area contributed by atoms with E-state index in [9.17, 15) is 9.59 Å². The van der Waals surface area contributed by atoms with Crippen LogP contribution in [0.15, 0.2) is 0 Å². The highest BCUT2D eigenvalue weighted by atomic mass is 16.6. The number of rotatable bonds is 2. The summed E-state index contributed by atoms with van der Waals surface area (Å²) in [5.74, 6) is -0.480. The second-order valence-corrected chi connectivity index (χ2v) is 3.97. The van der Waals surface area contributed by atoms with Gasteiger partial charge in [-0.2, -0.15) is 0 Å². The molecule has 7 nitrogen and oxygen atoms in total. The maximum atomic E-state index is 11.9. The molecule has 2 heterocycles. The molecule has 1 aromatic rings. The molecule has 0 radical (unpaired) electrons. The topological polar surface area (TPSA) is 81.6 Å². The zero-order chi connectivity index (χ0) is 13.4. The third-order valence-electron chi connectivity index (χ3n) is 2.81. The van der Waals surface area contributed by atoms with Crippen molar-refractivity contribution < 1.29 is 19.1 Å². The van der Waals surface area contributed by atoms with Gasteiger partial charge in [-0.3, -0.25) is 9.59 Å². The van der Waals surface area contributed by atoms with Gasteiger partial charge in [0, 0.05) is 19.5 Å². The highest BCUT2D eigenvalue weighted by molar-refractivity contribution is 5.97. The second kappa shape index (κ2) is 4.25. The first-order chi connectivity index (χ1) is 8.47. The van der Waals surface area contributed by atoms with Crippen LogP contribution < -0.4 is 4.74 Å². The van der Waals surface area contributed by atoms with Crippen molar-refractivity contribution >= 4 is 11.9 Å². The number of amides is 1. The van der Waals surface area contributed by atoms with Crippen molar-refractivity contribution in [1.29, 1.82) is 0 Å². The van der Waals surface area contributed by atoms with Crippen LogP contribution in [0, 0.1) is 6.92 Å². The van der Waals surface area contributed by atoms with E-state index in [0.29, 0.717) is 17.0 Å². The van der Waals surface area contributed by atoms with Gasteiger partial charge < -0.3 is 14.4 Å². The highest BCUT2D eigenvalue weighted by Crippen LogP contribution is 2.36. The molecule has 1 unspecified atom stereocenters. The number of hydrogen-bond donors (Lipinski definition) is 0. The first kappa shape index (κ1) is 12.3. The molecule has 1 aliphatic rings. The lowest BCUT2D eigenvalue weighted by molar-refractivity contribution is -0.152. The van der Waals surface area contributed by atoms with Gasteiger partial charge >= 0.3 is 5.97 Å². The minimum Gasteiger partial charge on any atom is -0.480 e. The molecule has 2 rings (SSSR count). The molecular formula is C11H13N3O4. The minimum atomic E-state index is -0.769. The molecule has 0 aliphatic carbocycles. The third kappa shape index (κ3) is 1.68. The van der Waals surface area contributed by atoms with Crippen LogP contribution in [0.3, 0.4) is 0 Å². The van der Waals surface area contributed by atoms with E-state index in [1.54, 1.807) is 14.0 Å². The first-order valence-corrected chi connectivity index (χ1v) is 5.33. The van der Waals surface area contributed by atoms with E-state index < -0.39 is 12.2 Å². The van der Waals surface area contributed by atoms with Crippen LogP contribution in [0.2, 0.25) is 0 Å². The van der Waals surface area contributed by atoms with Gasteiger partial charge in [0.25, 0.3) is 5.91 Å². The van der Waals surface area contributed by atoms with Crippen molar-refractivity contribution in [2.75, 3.05) is 14.2 Å². The summed E-state index contributed by atoms with van der Waals surface area (Å²) in [6.45, 7) is 3.03. The molecule has 0 spiro atoms. The van der Waals surface area contributed by atoms with Gasteiger partial charge in [-0.15, -0.1) is 10.2 Å². The Labute approximate surface area is 104 Å². The Morgan fingerprint density at radius 3 is 2.61 bits per heavy atom. The fourth-order valence-electron chi connectivity index (χ4n) is 1.93. The van der Waals surface area contributed by atoms with Crippen LogP contribution >= 0.6 is 0 Å². The smallest absolute Gasteiger partial charge is 0.304 e. The van der Waals surface area contributed by atoms with E-state index in [0.717, 1.165) is 0 Å². The van der Waals surface area contributed by atoms with E-state index in [2.05, 4.69) is 10.2 Å². The fourth-order valence-corrected chi connectivity index (χ4v) is 1.93. The SMILES string of the molecule is COc1nnc2c(c1C)C(OC(C)=O)N(C)C2=O. The van der Waals surface area contributed by atoms with E-state index >= 15 is 0 Å². The van der Waals surface area contributed by atoms with Gasteiger partial charge in [-0.1, -0.05) is 0 Å². The number of esters is 1. The molecule has 7 heteroatoms. The summed E-state index contributed by atoms with van der Waals surface area (Å²) in [5.41, 5.74) is 1.37. The second-order valence-electron chi connectivity index (χ2n) is 3.97.